The third kappa shape index (κ3) is 9.12. The van der Waals surface area contributed by atoms with Gasteiger partial charge in [0.2, 0.25) is 0 Å². The Bertz CT molecular complexity index is 150. The van der Waals surface area contributed by atoms with Crippen LogP contribution < -0.4 is 0 Å². The summed E-state index contributed by atoms with van der Waals surface area (Å²) in [6.45, 7) is 4.56. The van der Waals surface area contributed by atoms with Crippen LogP contribution in [0.5, 0.6) is 0 Å². The van der Waals surface area contributed by atoms with Crippen molar-refractivity contribution in [3.8, 4) is 0 Å². The lowest BCUT2D eigenvalue weighted by atomic mass is 10.2. The maximum atomic E-state index is 10.8. The van der Waals surface area contributed by atoms with E-state index >= 15 is 0 Å². The molecule has 0 fully saturated rings. The van der Waals surface area contributed by atoms with Crippen LogP contribution in [0.3, 0.4) is 0 Å². The molecule has 0 amide bonds. The lowest BCUT2D eigenvalue weighted by Gasteiger charge is -2.01. The van der Waals surface area contributed by atoms with Crippen LogP contribution in [0.2, 0.25) is 0 Å². The Morgan fingerprint density at radius 1 is 1.23 bits per heavy atom. The number of esters is 1. The van der Waals surface area contributed by atoms with Gasteiger partial charge in [-0.3, -0.25) is 0 Å². The summed E-state index contributed by atoms with van der Waals surface area (Å²) < 4.78 is 4.94. The molecule has 0 rings (SSSR count). The maximum absolute atomic E-state index is 10.8. The largest absolute Gasteiger partial charge is 0.463 e. The van der Waals surface area contributed by atoms with Crippen LogP contribution in [0.15, 0.2) is 12.2 Å². The summed E-state index contributed by atoms with van der Waals surface area (Å²) in [7, 11) is 0. The summed E-state index contributed by atoms with van der Waals surface area (Å²) in [5.41, 5.74) is 0. The van der Waals surface area contributed by atoms with Crippen LogP contribution in [0.25, 0.3) is 0 Å². The molecule has 0 aliphatic heterocycles. The molecule has 2 heteroatoms. The van der Waals surface area contributed by atoms with E-state index in [2.05, 4.69) is 6.92 Å². The van der Waals surface area contributed by atoms with E-state index in [1.54, 1.807) is 6.08 Å². The zero-order chi connectivity index (χ0) is 9.94. The van der Waals surface area contributed by atoms with Crippen molar-refractivity contribution in [2.24, 2.45) is 0 Å². The average Bonchev–Trinajstić information content (AvgIpc) is 2.11. The summed E-state index contributed by atoms with van der Waals surface area (Å²) in [5, 5.41) is 0. The van der Waals surface area contributed by atoms with Crippen molar-refractivity contribution >= 4 is 5.97 Å². The molecule has 0 N–H and O–H groups in total. The zero-order valence-electron chi connectivity index (χ0n) is 8.71. The Labute approximate surface area is 81.0 Å². The van der Waals surface area contributed by atoms with E-state index in [-0.39, 0.29) is 5.97 Å². The van der Waals surface area contributed by atoms with E-state index < -0.39 is 0 Å². The van der Waals surface area contributed by atoms with Gasteiger partial charge in [-0.2, -0.15) is 0 Å². The molecule has 0 spiro atoms. The van der Waals surface area contributed by atoms with Crippen molar-refractivity contribution in [2.45, 2.75) is 46.0 Å². The van der Waals surface area contributed by atoms with E-state index in [0.29, 0.717) is 6.61 Å². The number of allylic oxidation sites excluding steroid dienone is 1. The molecule has 13 heavy (non-hydrogen) atoms. The van der Waals surface area contributed by atoms with Crippen LogP contribution in [0, 0.1) is 0 Å². The minimum atomic E-state index is -0.224. The van der Waals surface area contributed by atoms with Crippen LogP contribution in [0.1, 0.15) is 46.0 Å². The van der Waals surface area contributed by atoms with Gasteiger partial charge in [-0.25, -0.2) is 4.79 Å². The molecule has 0 aromatic heterocycles. The predicted molar refractivity (Wildman–Crippen MR) is 54.5 cm³/mol. The monoisotopic (exact) mass is 184 g/mol. The molecular formula is C11H20O2. The standard InChI is InChI=1S/C11H20O2/c1-3-5-6-7-8-10-13-11(12)9-4-2/h4,9H,3,5-8,10H2,1-2H3/b9-4+. The first-order valence-corrected chi connectivity index (χ1v) is 5.10. The van der Waals surface area contributed by atoms with Gasteiger partial charge in [0.05, 0.1) is 6.61 Å². The number of rotatable bonds is 7. The Morgan fingerprint density at radius 3 is 2.54 bits per heavy atom. The van der Waals surface area contributed by atoms with Crippen molar-refractivity contribution in [3.05, 3.63) is 12.2 Å². The van der Waals surface area contributed by atoms with E-state index in [4.69, 9.17) is 4.74 Å². The second kappa shape index (κ2) is 9.30. The molecule has 0 radical (unpaired) electrons. The molecule has 0 heterocycles. The summed E-state index contributed by atoms with van der Waals surface area (Å²) >= 11 is 0. The molecule has 0 bridgehead atoms. The lowest BCUT2D eigenvalue weighted by molar-refractivity contribution is -0.137. The minimum absolute atomic E-state index is 0.224. The fourth-order valence-corrected chi connectivity index (χ4v) is 1.06. The molecule has 0 aromatic carbocycles. The van der Waals surface area contributed by atoms with E-state index in [1.165, 1.54) is 25.3 Å². The van der Waals surface area contributed by atoms with Crippen molar-refractivity contribution in [1.29, 1.82) is 0 Å². The summed E-state index contributed by atoms with van der Waals surface area (Å²) in [4.78, 5) is 10.8. The number of carbonyl (C=O) groups excluding carboxylic acids is 1. The summed E-state index contributed by atoms with van der Waals surface area (Å²) in [6, 6.07) is 0. The second-order valence-corrected chi connectivity index (χ2v) is 3.08. The van der Waals surface area contributed by atoms with Crippen LogP contribution in [-0.2, 0) is 9.53 Å². The van der Waals surface area contributed by atoms with Gasteiger partial charge in [0, 0.05) is 6.08 Å². The molecule has 0 aliphatic rings. The Kier molecular flexibility index (Phi) is 8.73. The average molecular weight is 184 g/mol. The maximum Gasteiger partial charge on any atom is 0.330 e. The van der Waals surface area contributed by atoms with Gasteiger partial charge in [0.15, 0.2) is 0 Å². The first kappa shape index (κ1) is 12.2. The summed E-state index contributed by atoms with van der Waals surface area (Å²) in [5.74, 6) is -0.224. The van der Waals surface area contributed by atoms with Gasteiger partial charge < -0.3 is 4.74 Å². The smallest absolute Gasteiger partial charge is 0.330 e. The highest BCUT2D eigenvalue weighted by Gasteiger charge is 1.94. The lowest BCUT2D eigenvalue weighted by Crippen LogP contribution is -2.01. The number of hydrogen-bond donors (Lipinski definition) is 0. The molecule has 0 aromatic rings. The fourth-order valence-electron chi connectivity index (χ4n) is 1.06. The van der Waals surface area contributed by atoms with Crippen molar-refractivity contribution < 1.29 is 9.53 Å². The molecule has 76 valence electrons. The summed E-state index contributed by atoms with van der Waals surface area (Å²) in [6.07, 6.45) is 9.07. The van der Waals surface area contributed by atoms with Crippen LogP contribution in [-0.4, -0.2) is 12.6 Å². The van der Waals surface area contributed by atoms with Crippen LogP contribution >= 0.6 is 0 Å². The predicted octanol–water partition coefficient (Wildman–Crippen LogP) is 3.08. The molecule has 0 atom stereocenters. The van der Waals surface area contributed by atoms with Gasteiger partial charge >= 0.3 is 5.97 Å². The van der Waals surface area contributed by atoms with Crippen molar-refractivity contribution in [1.82, 2.24) is 0 Å². The van der Waals surface area contributed by atoms with Crippen LogP contribution in [0.4, 0.5) is 0 Å². The Balaban J connectivity index is 3.11. The fraction of sp³-hybridized carbons (Fsp3) is 0.727. The first-order valence-electron chi connectivity index (χ1n) is 5.10. The van der Waals surface area contributed by atoms with E-state index in [0.717, 1.165) is 12.8 Å². The third-order valence-corrected chi connectivity index (χ3v) is 1.79. The van der Waals surface area contributed by atoms with Crippen molar-refractivity contribution in [2.75, 3.05) is 6.61 Å². The first-order chi connectivity index (χ1) is 6.31. The molecule has 0 saturated heterocycles. The highest BCUT2D eigenvalue weighted by molar-refractivity contribution is 5.81. The van der Waals surface area contributed by atoms with Gasteiger partial charge in [0.25, 0.3) is 0 Å². The molecule has 0 unspecified atom stereocenters. The van der Waals surface area contributed by atoms with Gasteiger partial charge in [-0.05, 0) is 13.3 Å². The van der Waals surface area contributed by atoms with Gasteiger partial charge in [0.1, 0.15) is 0 Å². The molecule has 2 nitrogen and oxygen atoms in total. The number of ether oxygens (including phenoxy) is 1. The normalized spacial score (nSPS) is 10.6. The molecule has 0 saturated carbocycles. The number of unbranched alkanes of at least 4 members (excludes halogenated alkanes) is 4. The highest BCUT2D eigenvalue weighted by Crippen LogP contribution is 2.02. The Morgan fingerprint density at radius 2 is 1.92 bits per heavy atom. The van der Waals surface area contributed by atoms with E-state index in [1.807, 2.05) is 6.92 Å². The zero-order valence-corrected chi connectivity index (χ0v) is 8.71. The minimum Gasteiger partial charge on any atom is -0.463 e. The number of carbonyl (C=O) groups is 1. The van der Waals surface area contributed by atoms with Gasteiger partial charge in [-0.15, -0.1) is 0 Å². The topological polar surface area (TPSA) is 26.3 Å². The SMILES string of the molecule is C/C=C/C(=O)OCCCCCCC. The number of hydrogen-bond acceptors (Lipinski definition) is 2. The molecular weight excluding hydrogens is 164 g/mol. The van der Waals surface area contributed by atoms with Gasteiger partial charge in [-0.1, -0.05) is 38.7 Å². The van der Waals surface area contributed by atoms with E-state index in [9.17, 15) is 4.79 Å². The third-order valence-electron chi connectivity index (χ3n) is 1.79. The Hall–Kier alpha value is -0.790. The van der Waals surface area contributed by atoms with Crippen molar-refractivity contribution in [3.63, 3.8) is 0 Å². The second-order valence-electron chi connectivity index (χ2n) is 3.08. The highest BCUT2D eigenvalue weighted by atomic mass is 16.5. The quantitative estimate of drug-likeness (QED) is 0.345. The molecule has 0 aliphatic carbocycles.